The molecule has 2 heteroatoms. The number of hydrogen-bond donors (Lipinski definition) is 1. The van der Waals surface area contributed by atoms with Crippen LogP contribution < -0.4 is 5.73 Å². The molecule has 1 atom stereocenters. The third-order valence-electron chi connectivity index (χ3n) is 4.27. The van der Waals surface area contributed by atoms with Gasteiger partial charge in [-0.1, -0.05) is 0 Å². The van der Waals surface area contributed by atoms with Crippen molar-refractivity contribution in [3.63, 3.8) is 0 Å². The first-order valence-electron chi connectivity index (χ1n) is 6.29. The first-order valence-corrected chi connectivity index (χ1v) is 7.24. The molecule has 96 valence electrons. The molecule has 1 aromatic heterocycles. The van der Waals surface area contributed by atoms with Crippen LogP contribution in [0, 0.1) is 34.6 Å². The summed E-state index contributed by atoms with van der Waals surface area (Å²) in [6.45, 7) is 11.0. The Morgan fingerprint density at radius 1 is 0.889 bits per heavy atom. The molecule has 2 rings (SSSR count). The van der Waals surface area contributed by atoms with Crippen LogP contribution in [0.4, 0.5) is 0 Å². The van der Waals surface area contributed by atoms with E-state index in [2.05, 4.69) is 51.4 Å². The minimum Gasteiger partial charge on any atom is -0.320 e. The van der Waals surface area contributed by atoms with Crippen LogP contribution in [0.5, 0.6) is 0 Å². The fourth-order valence-corrected chi connectivity index (χ4v) is 3.31. The van der Waals surface area contributed by atoms with Crippen LogP contribution in [0.1, 0.15) is 45.0 Å². The average molecular weight is 259 g/mol. The molecule has 0 saturated carbocycles. The molecule has 1 nitrogen and oxygen atoms in total. The van der Waals surface area contributed by atoms with Crippen LogP contribution in [0.3, 0.4) is 0 Å². The van der Waals surface area contributed by atoms with Crippen LogP contribution in [-0.2, 0) is 0 Å². The number of benzene rings is 1. The molecule has 0 spiro atoms. The maximum atomic E-state index is 6.46. The SMILES string of the molecule is Cc1c(C)c(C)c([C@H](N)c2ccsc2)c(C)c1C. The fourth-order valence-electron chi connectivity index (χ4n) is 2.61. The maximum Gasteiger partial charge on any atom is 0.0565 e. The van der Waals surface area contributed by atoms with Crippen molar-refractivity contribution in [2.75, 3.05) is 0 Å². The van der Waals surface area contributed by atoms with E-state index in [0.29, 0.717) is 0 Å². The van der Waals surface area contributed by atoms with Gasteiger partial charge in [0, 0.05) is 0 Å². The van der Waals surface area contributed by atoms with E-state index in [1.54, 1.807) is 11.3 Å². The molecular weight excluding hydrogens is 238 g/mol. The van der Waals surface area contributed by atoms with Crippen molar-refractivity contribution in [1.29, 1.82) is 0 Å². The topological polar surface area (TPSA) is 26.0 Å². The van der Waals surface area contributed by atoms with Crippen molar-refractivity contribution >= 4 is 11.3 Å². The van der Waals surface area contributed by atoms with Crippen LogP contribution >= 0.6 is 11.3 Å². The van der Waals surface area contributed by atoms with Crippen molar-refractivity contribution in [3.8, 4) is 0 Å². The van der Waals surface area contributed by atoms with Gasteiger partial charge in [-0.25, -0.2) is 0 Å². The normalized spacial score (nSPS) is 12.8. The molecule has 1 heterocycles. The van der Waals surface area contributed by atoms with E-state index in [0.717, 1.165) is 0 Å². The van der Waals surface area contributed by atoms with Crippen molar-refractivity contribution < 1.29 is 0 Å². The Bertz CT molecular complexity index is 538. The largest absolute Gasteiger partial charge is 0.320 e. The summed E-state index contributed by atoms with van der Waals surface area (Å²) in [4.78, 5) is 0. The lowest BCUT2D eigenvalue weighted by Gasteiger charge is -2.22. The molecule has 0 aliphatic carbocycles. The van der Waals surface area contributed by atoms with Crippen LogP contribution in [0.15, 0.2) is 16.8 Å². The van der Waals surface area contributed by atoms with Gasteiger partial charge in [0.1, 0.15) is 0 Å². The molecule has 2 aromatic rings. The van der Waals surface area contributed by atoms with E-state index in [9.17, 15) is 0 Å². The predicted octanol–water partition coefficient (Wildman–Crippen LogP) is 4.34. The molecule has 0 amide bonds. The quantitative estimate of drug-likeness (QED) is 0.853. The van der Waals surface area contributed by atoms with Gasteiger partial charge in [-0.2, -0.15) is 11.3 Å². The minimum atomic E-state index is -0.00532. The van der Waals surface area contributed by atoms with Crippen molar-refractivity contribution in [2.45, 2.75) is 40.7 Å². The number of rotatable bonds is 2. The maximum absolute atomic E-state index is 6.46. The zero-order chi connectivity index (χ0) is 13.4. The molecule has 0 radical (unpaired) electrons. The summed E-state index contributed by atoms with van der Waals surface area (Å²) < 4.78 is 0. The number of nitrogens with two attached hydrogens (primary N) is 1. The fraction of sp³-hybridized carbons (Fsp3) is 0.375. The molecular formula is C16H21NS. The average Bonchev–Trinajstić information content (AvgIpc) is 2.88. The van der Waals surface area contributed by atoms with Gasteiger partial charge in [0.25, 0.3) is 0 Å². The van der Waals surface area contributed by atoms with Gasteiger partial charge in [-0.3, -0.25) is 0 Å². The molecule has 0 aliphatic heterocycles. The second-order valence-electron chi connectivity index (χ2n) is 5.07. The third-order valence-corrected chi connectivity index (χ3v) is 4.97. The van der Waals surface area contributed by atoms with Crippen molar-refractivity contribution in [1.82, 2.24) is 0 Å². The zero-order valence-corrected chi connectivity index (χ0v) is 12.6. The number of hydrogen-bond acceptors (Lipinski definition) is 2. The van der Waals surface area contributed by atoms with E-state index in [1.807, 2.05) is 0 Å². The van der Waals surface area contributed by atoms with Crippen molar-refractivity contribution in [3.05, 3.63) is 55.8 Å². The standard InChI is InChI=1S/C16H21NS/c1-9-10(2)12(4)15(13(5)11(9)3)16(17)14-6-7-18-8-14/h6-8,16H,17H2,1-5H3/t16-/m1/s1. The Kier molecular flexibility index (Phi) is 3.60. The monoisotopic (exact) mass is 259 g/mol. The van der Waals surface area contributed by atoms with E-state index < -0.39 is 0 Å². The van der Waals surface area contributed by atoms with E-state index in [1.165, 1.54) is 38.9 Å². The van der Waals surface area contributed by atoms with E-state index in [-0.39, 0.29) is 6.04 Å². The molecule has 0 saturated heterocycles. The van der Waals surface area contributed by atoms with Gasteiger partial charge in [0.2, 0.25) is 0 Å². The molecule has 1 aromatic carbocycles. The Hall–Kier alpha value is -1.12. The van der Waals surface area contributed by atoms with Crippen molar-refractivity contribution in [2.24, 2.45) is 5.73 Å². The summed E-state index contributed by atoms with van der Waals surface area (Å²) in [5, 5.41) is 4.24. The Morgan fingerprint density at radius 3 is 1.83 bits per heavy atom. The summed E-state index contributed by atoms with van der Waals surface area (Å²) in [7, 11) is 0. The smallest absolute Gasteiger partial charge is 0.0565 e. The Labute approximate surface area is 114 Å². The molecule has 0 unspecified atom stereocenters. The summed E-state index contributed by atoms with van der Waals surface area (Å²) in [6.07, 6.45) is 0. The molecule has 0 bridgehead atoms. The lowest BCUT2D eigenvalue weighted by atomic mass is 9.85. The van der Waals surface area contributed by atoms with Crippen LogP contribution in [0.2, 0.25) is 0 Å². The first-order chi connectivity index (χ1) is 8.45. The summed E-state index contributed by atoms with van der Waals surface area (Å²) in [6, 6.07) is 2.12. The van der Waals surface area contributed by atoms with Gasteiger partial charge in [-0.05, 0) is 90.4 Å². The highest BCUT2D eigenvalue weighted by Gasteiger charge is 2.18. The first kappa shape index (κ1) is 13.3. The second-order valence-corrected chi connectivity index (χ2v) is 5.85. The zero-order valence-electron chi connectivity index (χ0n) is 11.8. The molecule has 0 fully saturated rings. The highest BCUT2D eigenvalue weighted by Crippen LogP contribution is 2.32. The molecule has 0 aliphatic rings. The van der Waals surface area contributed by atoms with Crippen LogP contribution in [-0.4, -0.2) is 0 Å². The summed E-state index contributed by atoms with van der Waals surface area (Å²) >= 11 is 1.71. The summed E-state index contributed by atoms with van der Waals surface area (Å²) in [5.74, 6) is 0. The lowest BCUT2D eigenvalue weighted by Crippen LogP contribution is -2.16. The second kappa shape index (κ2) is 4.87. The van der Waals surface area contributed by atoms with Gasteiger partial charge >= 0.3 is 0 Å². The molecule has 2 N–H and O–H groups in total. The highest BCUT2D eigenvalue weighted by molar-refractivity contribution is 7.08. The van der Waals surface area contributed by atoms with Gasteiger partial charge in [0.05, 0.1) is 6.04 Å². The minimum absolute atomic E-state index is 0.00532. The lowest BCUT2D eigenvalue weighted by molar-refractivity contribution is 0.847. The Morgan fingerprint density at radius 2 is 1.39 bits per heavy atom. The number of thiophene rings is 1. The Balaban J connectivity index is 2.65. The third kappa shape index (κ3) is 2.00. The van der Waals surface area contributed by atoms with Crippen LogP contribution in [0.25, 0.3) is 0 Å². The van der Waals surface area contributed by atoms with E-state index in [4.69, 9.17) is 5.73 Å². The van der Waals surface area contributed by atoms with E-state index >= 15 is 0 Å². The predicted molar refractivity (Wildman–Crippen MR) is 80.5 cm³/mol. The molecule has 18 heavy (non-hydrogen) atoms. The van der Waals surface area contributed by atoms with Gasteiger partial charge in [0.15, 0.2) is 0 Å². The highest BCUT2D eigenvalue weighted by atomic mass is 32.1. The van der Waals surface area contributed by atoms with Gasteiger partial charge in [-0.15, -0.1) is 0 Å². The van der Waals surface area contributed by atoms with Gasteiger partial charge < -0.3 is 5.73 Å². The summed E-state index contributed by atoms with van der Waals surface area (Å²) in [5.41, 5.74) is 15.8.